The van der Waals surface area contributed by atoms with Crippen molar-refractivity contribution in [1.82, 2.24) is 0 Å². The fourth-order valence-electron chi connectivity index (χ4n) is 13.3. The van der Waals surface area contributed by atoms with Crippen LogP contribution in [0.4, 0.5) is 68.2 Å². The summed E-state index contributed by atoms with van der Waals surface area (Å²) in [5.41, 5.74) is 19.1. The van der Waals surface area contributed by atoms with E-state index in [4.69, 9.17) is 37.9 Å². The largest absolute Gasteiger partial charge is 0.494 e. The van der Waals surface area contributed by atoms with E-state index in [1.165, 1.54) is 0 Å². The minimum atomic E-state index is 0.519. The molecular formula is C88H84N4O8. The van der Waals surface area contributed by atoms with Gasteiger partial charge in [0.15, 0.2) is 0 Å². The molecule has 0 saturated heterocycles. The number of ether oxygens (including phenoxy) is 8. The van der Waals surface area contributed by atoms with Gasteiger partial charge in [-0.05, 0) is 245 Å². The van der Waals surface area contributed by atoms with Gasteiger partial charge < -0.3 is 57.5 Å². The van der Waals surface area contributed by atoms with Crippen molar-refractivity contribution in [2.75, 3.05) is 72.5 Å². The number of benzene rings is 12. The number of nitrogens with zero attached hydrogens (tertiary/aromatic N) is 4. The van der Waals surface area contributed by atoms with Crippen LogP contribution in [0.3, 0.4) is 0 Å². The molecule has 0 saturated carbocycles. The molecule has 1 aliphatic carbocycles. The zero-order chi connectivity index (χ0) is 68.9. The summed E-state index contributed by atoms with van der Waals surface area (Å²) in [4.78, 5) is 9.18. The normalized spacial score (nSPS) is 11.1. The summed E-state index contributed by atoms with van der Waals surface area (Å²) < 4.78 is 49.9. The Balaban J connectivity index is 1.14. The average Bonchev–Trinajstić information content (AvgIpc) is 0.727. The van der Waals surface area contributed by atoms with Crippen molar-refractivity contribution in [3.05, 3.63) is 267 Å². The second kappa shape index (κ2) is 31.2. The van der Waals surface area contributed by atoms with E-state index in [1.807, 2.05) is 104 Å². The third-order valence-electron chi connectivity index (χ3n) is 17.3. The zero-order valence-electron chi connectivity index (χ0n) is 58.1. The van der Waals surface area contributed by atoms with Crippen LogP contribution in [0.5, 0.6) is 46.0 Å². The monoisotopic (exact) mass is 1320 g/mol. The van der Waals surface area contributed by atoms with Gasteiger partial charge in [0.2, 0.25) is 0 Å². The summed E-state index contributed by atoms with van der Waals surface area (Å²) in [5.74, 6) is 6.12. The highest BCUT2D eigenvalue weighted by Gasteiger charge is 2.29. The Bertz CT molecular complexity index is 4020. The van der Waals surface area contributed by atoms with E-state index < -0.39 is 0 Å². The second-order valence-electron chi connectivity index (χ2n) is 23.7. The fraction of sp³-hybridized carbons (Fsp3) is 0.182. The van der Waals surface area contributed by atoms with E-state index in [1.54, 1.807) is 0 Å². The molecule has 0 N–H and O–H groups in total. The van der Waals surface area contributed by atoms with Crippen molar-refractivity contribution in [3.8, 4) is 90.5 Å². The van der Waals surface area contributed by atoms with E-state index in [0.717, 1.165) is 159 Å². The van der Waals surface area contributed by atoms with E-state index in [9.17, 15) is 0 Å². The van der Waals surface area contributed by atoms with E-state index in [2.05, 4.69) is 238 Å². The molecule has 0 unspecified atom stereocenters. The Hall–Kier alpha value is -11.8. The maximum Gasteiger partial charge on any atom is 0.121 e. The summed E-state index contributed by atoms with van der Waals surface area (Å²) in [6, 6.07) is 94.1. The van der Waals surface area contributed by atoms with Gasteiger partial charge in [-0.2, -0.15) is 0 Å². The first-order valence-corrected chi connectivity index (χ1v) is 34.8. The van der Waals surface area contributed by atoms with Gasteiger partial charge in [-0.3, -0.25) is 0 Å². The first-order valence-electron chi connectivity index (χ1n) is 34.8. The molecule has 0 spiro atoms. The molecule has 0 amide bonds. The maximum atomic E-state index is 6.24. The highest BCUT2D eigenvalue weighted by Crippen LogP contribution is 2.55. The summed E-state index contributed by atoms with van der Waals surface area (Å²) in [5, 5.41) is 0. The van der Waals surface area contributed by atoms with Gasteiger partial charge in [0.1, 0.15) is 46.0 Å². The van der Waals surface area contributed by atoms with Crippen molar-refractivity contribution in [2.24, 2.45) is 0 Å². The van der Waals surface area contributed by atoms with Gasteiger partial charge in [0, 0.05) is 117 Å². The van der Waals surface area contributed by atoms with Crippen molar-refractivity contribution < 1.29 is 37.9 Å². The highest BCUT2D eigenvalue weighted by molar-refractivity contribution is 6.07. The molecule has 0 heterocycles. The van der Waals surface area contributed by atoms with Gasteiger partial charge in [0.25, 0.3) is 0 Å². The van der Waals surface area contributed by atoms with Crippen molar-refractivity contribution in [1.29, 1.82) is 0 Å². The lowest BCUT2D eigenvalue weighted by molar-refractivity contribution is 0.340. The van der Waals surface area contributed by atoms with Gasteiger partial charge in [0.05, 0.1) is 52.9 Å². The number of hydrogen-bond acceptors (Lipinski definition) is 12. The highest BCUT2D eigenvalue weighted by atomic mass is 16.5. The topological polar surface area (TPSA) is 86.8 Å². The quantitative estimate of drug-likeness (QED) is 0.0468. The van der Waals surface area contributed by atoms with Crippen LogP contribution >= 0.6 is 0 Å². The maximum absolute atomic E-state index is 6.24. The Kier molecular flexibility index (Phi) is 20.8. The van der Waals surface area contributed by atoms with Crippen LogP contribution in [0.1, 0.15) is 55.4 Å². The Morgan fingerprint density at radius 3 is 0.440 bits per heavy atom. The average molecular weight is 1330 g/mol. The fourth-order valence-corrected chi connectivity index (χ4v) is 13.3. The molecule has 13 rings (SSSR count). The van der Waals surface area contributed by atoms with Gasteiger partial charge >= 0.3 is 0 Å². The first-order chi connectivity index (χ1) is 49.2. The van der Waals surface area contributed by atoms with E-state index in [-0.39, 0.29) is 0 Å². The summed E-state index contributed by atoms with van der Waals surface area (Å²) in [6.07, 6.45) is 0. The molecule has 12 aromatic rings. The number of hydrogen-bond donors (Lipinski definition) is 0. The lowest BCUT2D eigenvalue weighted by atomic mass is 9.80. The predicted octanol–water partition coefficient (Wildman–Crippen LogP) is 23.7. The predicted molar refractivity (Wildman–Crippen MR) is 410 cm³/mol. The molecule has 0 fully saturated rings. The molecule has 0 aromatic heterocycles. The molecule has 12 nitrogen and oxygen atoms in total. The van der Waals surface area contributed by atoms with Crippen LogP contribution in [-0.2, 0) is 0 Å². The lowest BCUT2D eigenvalue weighted by Gasteiger charge is -2.32. The molecule has 0 radical (unpaired) electrons. The summed E-state index contributed by atoms with van der Waals surface area (Å²) in [6.45, 7) is 20.3. The van der Waals surface area contributed by atoms with Gasteiger partial charge in [-0.25, -0.2) is 0 Å². The third-order valence-corrected chi connectivity index (χ3v) is 17.3. The number of fused-ring (bicyclic) bond motifs is 8. The minimum Gasteiger partial charge on any atom is -0.494 e. The van der Waals surface area contributed by atoms with Crippen molar-refractivity contribution >= 4 is 68.2 Å². The van der Waals surface area contributed by atoms with Crippen molar-refractivity contribution in [3.63, 3.8) is 0 Å². The summed E-state index contributed by atoms with van der Waals surface area (Å²) in [7, 11) is 0. The number of rotatable bonds is 28. The molecular weight excluding hydrogens is 1240 g/mol. The SMILES string of the molecule is CCOc1cccc(N(c2cccc(OCC)c2)c2ccc3c(c2)-c2cc(N(c4cccc(OCC)c4)c4cccc(OCC)c4)ccc2-c2ccc(N(c4cccc(OCC)c4)c4cccc(OCC)c4)cc2-c2cc(N(c4cccc(OCC)c4)c4cccc(OCC)c4)ccc2-3)c1. The molecule has 12 heteroatoms. The van der Waals surface area contributed by atoms with Crippen molar-refractivity contribution in [2.45, 2.75) is 55.4 Å². The molecule has 0 atom stereocenters. The molecule has 1 aliphatic rings. The molecule has 504 valence electrons. The van der Waals surface area contributed by atoms with Crippen LogP contribution in [0.2, 0.25) is 0 Å². The van der Waals surface area contributed by atoms with Gasteiger partial charge in [-0.15, -0.1) is 0 Å². The standard InChI is InChI=1S/C88H84N4O8/c1-9-93-73-33-17-25-61(49-73)89(62-26-18-34-74(50-62)94-10-2)69-41-45-81-82-46-42-71(91(65-29-21-37-77(53-65)97-13-5)66-30-22-38-78(54-66)98-14-6)59-87(82)88-60-72(92(67-31-23-39-79(55-67)99-15-7)68-32-24-40-80(56-68)100-16-8)44-48-84(88)83-47-43-70(58-86(83)85(81)57-69)90(63-27-19-35-75(51-63)95-11-3)64-28-20-36-76(52-64)96-12-4/h17-60H,9-16H2,1-8H3. The van der Waals surface area contributed by atoms with Crippen LogP contribution in [0.25, 0.3) is 44.5 Å². The van der Waals surface area contributed by atoms with Crippen LogP contribution in [0.15, 0.2) is 267 Å². The zero-order valence-corrected chi connectivity index (χ0v) is 58.1. The smallest absolute Gasteiger partial charge is 0.121 e. The Morgan fingerprint density at radius 2 is 0.300 bits per heavy atom. The minimum absolute atomic E-state index is 0.519. The molecule has 12 aromatic carbocycles. The van der Waals surface area contributed by atoms with E-state index >= 15 is 0 Å². The lowest BCUT2D eigenvalue weighted by Crippen LogP contribution is -2.13. The molecule has 0 bridgehead atoms. The third kappa shape index (κ3) is 14.4. The van der Waals surface area contributed by atoms with Crippen LogP contribution < -0.4 is 57.5 Å². The Morgan fingerprint density at radius 1 is 0.160 bits per heavy atom. The van der Waals surface area contributed by atoms with Crippen LogP contribution in [-0.4, -0.2) is 52.9 Å². The Labute approximate surface area is 588 Å². The number of anilines is 12. The molecule has 0 aliphatic heterocycles. The van der Waals surface area contributed by atoms with Gasteiger partial charge in [-0.1, -0.05) is 72.8 Å². The van der Waals surface area contributed by atoms with Crippen LogP contribution in [0, 0.1) is 0 Å². The first kappa shape index (κ1) is 66.8. The second-order valence-corrected chi connectivity index (χ2v) is 23.7. The van der Waals surface area contributed by atoms with E-state index in [0.29, 0.717) is 52.9 Å². The molecule has 100 heavy (non-hydrogen) atoms. The summed E-state index contributed by atoms with van der Waals surface area (Å²) >= 11 is 0.